The minimum absolute atomic E-state index is 0.0705. The first-order valence-corrected chi connectivity index (χ1v) is 10.0. The van der Waals surface area contributed by atoms with E-state index >= 15 is 0 Å². The normalized spacial score (nSPS) is 16.6. The van der Waals surface area contributed by atoms with Crippen LogP contribution in [0, 0.1) is 5.82 Å². The first-order valence-electron chi connectivity index (χ1n) is 9.67. The number of aromatic nitrogens is 4. The third-order valence-electron chi connectivity index (χ3n) is 5.12. The molecule has 0 radical (unpaired) electrons. The van der Waals surface area contributed by atoms with Crippen LogP contribution in [-0.4, -0.2) is 46.1 Å². The van der Waals surface area contributed by atoms with Gasteiger partial charge in [-0.3, -0.25) is 9.36 Å². The van der Waals surface area contributed by atoms with E-state index in [1.54, 1.807) is 6.33 Å². The van der Waals surface area contributed by atoms with E-state index in [2.05, 4.69) is 20.3 Å². The molecular formula is C20H21ClFN5O3. The lowest BCUT2D eigenvalue weighted by Crippen LogP contribution is -2.17. The van der Waals surface area contributed by atoms with Crippen molar-refractivity contribution in [3.05, 3.63) is 40.7 Å². The maximum atomic E-state index is 14.1. The van der Waals surface area contributed by atoms with Crippen molar-refractivity contribution >= 4 is 34.9 Å². The van der Waals surface area contributed by atoms with E-state index in [0.29, 0.717) is 41.8 Å². The van der Waals surface area contributed by atoms with Crippen molar-refractivity contribution < 1.29 is 18.7 Å². The Balaban J connectivity index is 1.53. The first-order chi connectivity index (χ1) is 14.6. The number of imidazole rings is 1. The summed E-state index contributed by atoms with van der Waals surface area (Å²) >= 11 is 5.92. The number of carbonyl (C=O) groups is 1. The Bertz CT molecular complexity index is 1070. The molecule has 10 heteroatoms. The van der Waals surface area contributed by atoms with E-state index in [0.717, 1.165) is 25.9 Å². The number of anilines is 1. The maximum Gasteiger partial charge on any atom is 0.167 e. The van der Waals surface area contributed by atoms with Gasteiger partial charge in [-0.2, -0.15) is 0 Å². The molecule has 0 saturated carbocycles. The van der Waals surface area contributed by atoms with Gasteiger partial charge >= 0.3 is 0 Å². The van der Waals surface area contributed by atoms with Crippen molar-refractivity contribution in [2.45, 2.75) is 31.9 Å². The molecule has 1 unspecified atom stereocenters. The Labute approximate surface area is 177 Å². The van der Waals surface area contributed by atoms with Gasteiger partial charge in [0, 0.05) is 13.2 Å². The molecule has 0 spiro atoms. The summed E-state index contributed by atoms with van der Waals surface area (Å²) in [6.07, 6.45) is 7.05. The third kappa shape index (κ3) is 3.82. The lowest BCUT2D eigenvalue weighted by atomic mass is 10.1. The van der Waals surface area contributed by atoms with Gasteiger partial charge in [-0.1, -0.05) is 11.6 Å². The summed E-state index contributed by atoms with van der Waals surface area (Å²) in [4.78, 5) is 24.4. The Morgan fingerprint density at radius 3 is 3.00 bits per heavy atom. The Morgan fingerprint density at radius 2 is 2.27 bits per heavy atom. The number of nitrogens with one attached hydrogen (secondary N) is 1. The maximum absolute atomic E-state index is 14.1. The number of nitrogens with zero attached hydrogens (tertiary/aromatic N) is 4. The number of hydrogen-bond acceptors (Lipinski definition) is 7. The Hall–Kier alpha value is -2.78. The zero-order valence-electron chi connectivity index (χ0n) is 16.4. The highest BCUT2D eigenvalue weighted by Crippen LogP contribution is 2.31. The fraction of sp³-hybridized carbons (Fsp3) is 0.400. The van der Waals surface area contributed by atoms with Gasteiger partial charge in [-0.15, -0.1) is 0 Å². The zero-order valence-corrected chi connectivity index (χ0v) is 17.2. The molecule has 158 valence electrons. The van der Waals surface area contributed by atoms with Crippen molar-refractivity contribution in [3.63, 3.8) is 0 Å². The van der Waals surface area contributed by atoms with Crippen LogP contribution >= 0.6 is 11.6 Å². The van der Waals surface area contributed by atoms with Gasteiger partial charge in [0.2, 0.25) is 0 Å². The molecule has 3 heterocycles. The summed E-state index contributed by atoms with van der Waals surface area (Å²) < 4.78 is 27.0. The average molecular weight is 434 g/mol. The van der Waals surface area contributed by atoms with E-state index < -0.39 is 5.82 Å². The van der Waals surface area contributed by atoms with Crippen LogP contribution in [0.1, 0.15) is 41.4 Å². The minimum atomic E-state index is -0.784. The van der Waals surface area contributed by atoms with Crippen molar-refractivity contribution in [1.82, 2.24) is 19.5 Å². The van der Waals surface area contributed by atoms with Crippen molar-refractivity contribution in [2.24, 2.45) is 0 Å². The standard InChI is InChI=1S/C20H21ClFN5O3/c1-29-18-12(8-14(21)16(22)13(18)9-28)5-6-23-19-17-20(25-10-24-19)27(11-26-17)15-4-2-3-7-30-15/h8-11,15H,2-7H2,1H3,(H,23,24,25). The Morgan fingerprint density at radius 1 is 1.40 bits per heavy atom. The van der Waals surface area contributed by atoms with Crippen LogP contribution in [0.5, 0.6) is 5.75 Å². The van der Waals surface area contributed by atoms with Gasteiger partial charge in [0.25, 0.3) is 0 Å². The summed E-state index contributed by atoms with van der Waals surface area (Å²) in [6, 6.07) is 1.47. The second kappa shape index (κ2) is 8.93. The summed E-state index contributed by atoms with van der Waals surface area (Å²) in [5, 5.41) is 3.11. The molecule has 0 aliphatic carbocycles. The Kier molecular flexibility index (Phi) is 6.10. The number of ether oxygens (including phenoxy) is 2. The number of benzene rings is 1. The molecule has 3 aromatic rings. The zero-order chi connectivity index (χ0) is 21.1. The molecule has 1 saturated heterocycles. The van der Waals surface area contributed by atoms with Gasteiger partial charge in [0.1, 0.15) is 18.3 Å². The molecule has 1 fully saturated rings. The van der Waals surface area contributed by atoms with Crippen LogP contribution in [-0.2, 0) is 11.2 Å². The molecule has 1 aliphatic heterocycles. The molecule has 1 aliphatic rings. The average Bonchev–Trinajstić information content (AvgIpc) is 3.21. The van der Waals surface area contributed by atoms with Crippen LogP contribution in [0.2, 0.25) is 5.02 Å². The van der Waals surface area contributed by atoms with E-state index in [9.17, 15) is 9.18 Å². The summed E-state index contributed by atoms with van der Waals surface area (Å²) in [6.45, 7) is 1.17. The monoisotopic (exact) mass is 433 g/mol. The summed E-state index contributed by atoms with van der Waals surface area (Å²) in [5.41, 5.74) is 1.77. The van der Waals surface area contributed by atoms with Crippen LogP contribution in [0.25, 0.3) is 11.2 Å². The third-order valence-corrected chi connectivity index (χ3v) is 5.39. The fourth-order valence-electron chi connectivity index (χ4n) is 3.67. The van der Waals surface area contributed by atoms with Crippen LogP contribution in [0.4, 0.5) is 10.2 Å². The van der Waals surface area contributed by atoms with Gasteiger partial charge in [0.05, 0.1) is 24.0 Å². The molecule has 1 aromatic carbocycles. The summed E-state index contributed by atoms with van der Waals surface area (Å²) in [7, 11) is 1.39. The molecule has 30 heavy (non-hydrogen) atoms. The molecule has 0 bridgehead atoms. The van der Waals surface area contributed by atoms with Gasteiger partial charge in [-0.25, -0.2) is 19.3 Å². The number of rotatable bonds is 7. The quantitative estimate of drug-likeness (QED) is 0.566. The minimum Gasteiger partial charge on any atom is -0.496 e. The second-order valence-corrected chi connectivity index (χ2v) is 7.35. The van der Waals surface area contributed by atoms with Crippen LogP contribution in [0.3, 0.4) is 0 Å². The second-order valence-electron chi connectivity index (χ2n) is 6.94. The molecule has 1 N–H and O–H groups in total. The van der Waals surface area contributed by atoms with Crippen molar-refractivity contribution in [1.29, 1.82) is 0 Å². The van der Waals surface area contributed by atoms with E-state index in [4.69, 9.17) is 21.1 Å². The molecule has 1 atom stereocenters. The highest BCUT2D eigenvalue weighted by molar-refractivity contribution is 6.31. The molecule has 2 aromatic heterocycles. The molecule has 0 amide bonds. The van der Waals surface area contributed by atoms with Gasteiger partial charge in [-0.05, 0) is 37.3 Å². The van der Waals surface area contributed by atoms with Gasteiger partial charge in [0.15, 0.2) is 29.1 Å². The molecule has 8 nitrogen and oxygen atoms in total. The number of aldehydes is 1. The predicted octanol–water partition coefficient (Wildman–Crippen LogP) is 3.79. The lowest BCUT2D eigenvalue weighted by molar-refractivity contribution is -0.0298. The molecule has 4 rings (SSSR count). The van der Waals surface area contributed by atoms with Crippen molar-refractivity contribution in [3.8, 4) is 5.75 Å². The summed E-state index contributed by atoms with van der Waals surface area (Å²) in [5.74, 6) is -0.0224. The SMILES string of the molecule is COc1c(CCNc2ncnc3c2ncn3C2CCCCO2)cc(Cl)c(F)c1C=O. The number of carbonyl (C=O) groups excluding carboxylic acids is 1. The highest BCUT2D eigenvalue weighted by Gasteiger charge is 2.21. The van der Waals surface area contributed by atoms with Crippen LogP contribution < -0.4 is 10.1 Å². The predicted molar refractivity (Wildman–Crippen MR) is 110 cm³/mol. The largest absolute Gasteiger partial charge is 0.496 e. The van der Waals surface area contributed by atoms with Crippen LogP contribution in [0.15, 0.2) is 18.7 Å². The van der Waals surface area contributed by atoms with E-state index in [-0.39, 0.29) is 22.6 Å². The van der Waals surface area contributed by atoms with E-state index in [1.165, 1.54) is 19.5 Å². The lowest BCUT2D eigenvalue weighted by Gasteiger charge is -2.23. The number of halogens is 2. The number of hydrogen-bond donors (Lipinski definition) is 1. The van der Waals surface area contributed by atoms with E-state index in [1.807, 2.05) is 4.57 Å². The van der Waals surface area contributed by atoms with Gasteiger partial charge < -0.3 is 14.8 Å². The smallest absolute Gasteiger partial charge is 0.167 e. The fourth-order valence-corrected chi connectivity index (χ4v) is 3.90. The number of methoxy groups -OCH3 is 1. The molecular weight excluding hydrogens is 413 g/mol. The topological polar surface area (TPSA) is 91.2 Å². The number of fused-ring (bicyclic) bond motifs is 1. The van der Waals surface area contributed by atoms with Crippen molar-refractivity contribution in [2.75, 3.05) is 25.6 Å². The highest BCUT2D eigenvalue weighted by atomic mass is 35.5. The first kappa shape index (κ1) is 20.5.